The van der Waals surface area contributed by atoms with Crippen LogP contribution in [0.15, 0.2) is 48.5 Å². The molecule has 2 amide bonds. The summed E-state index contributed by atoms with van der Waals surface area (Å²) < 4.78 is 4.58. The molecule has 7 heteroatoms. The second-order valence-corrected chi connectivity index (χ2v) is 5.03. The van der Waals surface area contributed by atoms with Gasteiger partial charge in [0.1, 0.15) is 6.42 Å². The first kappa shape index (κ1) is 17.7. The average molecular weight is 337 g/mol. The van der Waals surface area contributed by atoms with E-state index in [2.05, 4.69) is 15.4 Å². The van der Waals surface area contributed by atoms with Gasteiger partial charge in [0.05, 0.1) is 24.3 Å². The smallest absolute Gasteiger partial charge is 0.337 e. The summed E-state index contributed by atoms with van der Waals surface area (Å²) in [5.41, 5.74) is 1.67. The third kappa shape index (κ3) is 5.18. The van der Waals surface area contributed by atoms with Gasteiger partial charge < -0.3 is 15.4 Å². The van der Waals surface area contributed by atoms with Crippen molar-refractivity contribution >= 4 is 29.2 Å². The molecule has 0 spiro atoms. The van der Waals surface area contributed by atoms with E-state index >= 15 is 0 Å². The number of ether oxygens (including phenoxy) is 1. The van der Waals surface area contributed by atoms with Crippen molar-refractivity contribution in [2.24, 2.45) is 0 Å². The number of nitrogens with zero attached hydrogens (tertiary/aromatic N) is 1. The second-order valence-electron chi connectivity index (χ2n) is 5.03. The summed E-state index contributed by atoms with van der Waals surface area (Å²) in [6, 6.07) is 14.5. The first-order valence-electron chi connectivity index (χ1n) is 7.30. The van der Waals surface area contributed by atoms with Gasteiger partial charge in [-0.2, -0.15) is 5.26 Å². The van der Waals surface area contributed by atoms with Gasteiger partial charge in [-0.25, -0.2) is 4.79 Å². The molecule has 0 unspecified atom stereocenters. The molecule has 0 aliphatic heterocycles. The normalized spacial score (nSPS) is 9.60. The molecule has 2 N–H and O–H groups in total. The number of anilines is 2. The minimum atomic E-state index is -0.501. The highest BCUT2D eigenvalue weighted by molar-refractivity contribution is 6.08. The largest absolute Gasteiger partial charge is 0.465 e. The topological polar surface area (TPSA) is 108 Å². The van der Waals surface area contributed by atoms with Gasteiger partial charge in [0.25, 0.3) is 0 Å². The molecule has 2 aromatic carbocycles. The minimum absolute atomic E-state index is 0.357. The first-order valence-corrected chi connectivity index (χ1v) is 7.30. The zero-order valence-electron chi connectivity index (χ0n) is 13.4. The monoisotopic (exact) mass is 337 g/mol. The molecule has 0 radical (unpaired) electrons. The van der Waals surface area contributed by atoms with Crippen LogP contribution < -0.4 is 10.6 Å². The number of carbonyl (C=O) groups is 3. The Hall–Kier alpha value is -3.66. The molecule has 0 fully saturated rings. The highest BCUT2D eigenvalue weighted by Gasteiger charge is 2.11. The van der Waals surface area contributed by atoms with Crippen LogP contribution in [0.4, 0.5) is 11.4 Å². The fraction of sp³-hybridized carbons (Fsp3) is 0.111. The Morgan fingerprint density at radius 2 is 1.64 bits per heavy atom. The highest BCUT2D eigenvalue weighted by atomic mass is 16.5. The maximum Gasteiger partial charge on any atom is 0.337 e. The molecule has 25 heavy (non-hydrogen) atoms. The molecule has 7 nitrogen and oxygen atoms in total. The van der Waals surface area contributed by atoms with Crippen molar-refractivity contribution in [1.82, 2.24) is 0 Å². The predicted octanol–water partition coefficient (Wildman–Crippen LogP) is 2.31. The summed E-state index contributed by atoms with van der Waals surface area (Å²) in [7, 11) is 1.28. The van der Waals surface area contributed by atoms with Crippen molar-refractivity contribution in [1.29, 1.82) is 5.26 Å². The van der Waals surface area contributed by atoms with Crippen LogP contribution in [0, 0.1) is 11.3 Å². The van der Waals surface area contributed by atoms with E-state index in [1.54, 1.807) is 30.3 Å². The lowest BCUT2D eigenvalue weighted by Gasteiger charge is -2.07. The van der Waals surface area contributed by atoms with E-state index in [4.69, 9.17) is 5.26 Å². The Kier molecular flexibility index (Phi) is 5.85. The van der Waals surface area contributed by atoms with Gasteiger partial charge in [0.15, 0.2) is 0 Å². The number of benzene rings is 2. The maximum absolute atomic E-state index is 11.9. The van der Waals surface area contributed by atoms with E-state index in [0.717, 1.165) is 0 Å². The van der Waals surface area contributed by atoms with Gasteiger partial charge in [-0.15, -0.1) is 0 Å². The Labute approximate surface area is 144 Å². The summed E-state index contributed by atoms with van der Waals surface area (Å²) >= 11 is 0. The molecule has 0 saturated heterocycles. The molecule has 0 heterocycles. The number of rotatable bonds is 5. The van der Waals surface area contributed by atoms with Crippen molar-refractivity contribution in [3.63, 3.8) is 0 Å². The standard InChI is InChI=1S/C18H15N3O4/c1-25-18(24)13-5-7-14(8-6-13)20-16(22)10-17(23)21-15-4-2-3-12(9-15)11-19/h2-9H,10H2,1H3,(H,20,22)(H,21,23). The van der Waals surface area contributed by atoms with E-state index in [1.807, 2.05) is 6.07 Å². The van der Waals surface area contributed by atoms with Gasteiger partial charge in [-0.1, -0.05) is 6.07 Å². The SMILES string of the molecule is COC(=O)c1ccc(NC(=O)CC(=O)Nc2cccc(C#N)c2)cc1. The summed E-state index contributed by atoms with van der Waals surface area (Å²) in [6.45, 7) is 0. The van der Waals surface area contributed by atoms with E-state index < -0.39 is 17.8 Å². The number of carbonyl (C=O) groups excluding carboxylic acids is 3. The zero-order chi connectivity index (χ0) is 18.2. The molecule has 0 aliphatic rings. The number of hydrogen-bond donors (Lipinski definition) is 2. The average Bonchev–Trinajstić information content (AvgIpc) is 2.61. The summed E-state index contributed by atoms with van der Waals surface area (Å²) in [5, 5.41) is 13.9. The lowest BCUT2D eigenvalue weighted by Crippen LogP contribution is -2.21. The fourth-order valence-electron chi connectivity index (χ4n) is 2.03. The number of esters is 1. The molecule has 126 valence electrons. The summed E-state index contributed by atoms with van der Waals surface area (Å²) in [5.74, 6) is -1.48. The summed E-state index contributed by atoms with van der Waals surface area (Å²) in [4.78, 5) is 35.1. The lowest BCUT2D eigenvalue weighted by atomic mass is 10.2. The second kappa shape index (κ2) is 8.26. The first-order chi connectivity index (χ1) is 12.0. The van der Waals surface area contributed by atoms with Crippen LogP contribution in [0.5, 0.6) is 0 Å². The molecule has 0 saturated carbocycles. The van der Waals surface area contributed by atoms with E-state index in [0.29, 0.717) is 22.5 Å². The van der Waals surface area contributed by atoms with Gasteiger partial charge in [-0.3, -0.25) is 9.59 Å². The van der Waals surface area contributed by atoms with Crippen LogP contribution in [-0.4, -0.2) is 24.9 Å². The molecule has 0 atom stereocenters. The third-order valence-electron chi connectivity index (χ3n) is 3.19. The van der Waals surface area contributed by atoms with Crippen molar-refractivity contribution < 1.29 is 19.1 Å². The van der Waals surface area contributed by atoms with Gasteiger partial charge in [0.2, 0.25) is 11.8 Å². The van der Waals surface area contributed by atoms with Crippen molar-refractivity contribution in [3.05, 3.63) is 59.7 Å². The number of hydrogen-bond acceptors (Lipinski definition) is 5. The lowest BCUT2D eigenvalue weighted by molar-refractivity contribution is -0.123. The Morgan fingerprint density at radius 1 is 1.00 bits per heavy atom. The number of nitriles is 1. The van der Waals surface area contributed by atoms with Crippen LogP contribution in [-0.2, 0) is 14.3 Å². The number of amides is 2. The zero-order valence-corrected chi connectivity index (χ0v) is 13.4. The Morgan fingerprint density at radius 3 is 2.24 bits per heavy atom. The fourth-order valence-corrected chi connectivity index (χ4v) is 2.03. The highest BCUT2D eigenvalue weighted by Crippen LogP contribution is 2.12. The number of methoxy groups -OCH3 is 1. The molecule has 2 rings (SSSR count). The van der Waals surface area contributed by atoms with Crippen molar-refractivity contribution in [3.8, 4) is 6.07 Å². The molecular formula is C18H15N3O4. The van der Waals surface area contributed by atoms with Gasteiger partial charge in [0, 0.05) is 11.4 Å². The van der Waals surface area contributed by atoms with Crippen LogP contribution in [0.1, 0.15) is 22.3 Å². The minimum Gasteiger partial charge on any atom is -0.465 e. The Bertz CT molecular complexity index is 838. The van der Waals surface area contributed by atoms with Crippen LogP contribution >= 0.6 is 0 Å². The molecular weight excluding hydrogens is 322 g/mol. The van der Waals surface area contributed by atoms with Gasteiger partial charge in [-0.05, 0) is 42.5 Å². The number of nitrogens with one attached hydrogen (secondary N) is 2. The van der Waals surface area contributed by atoms with E-state index in [-0.39, 0.29) is 6.42 Å². The molecule has 0 aliphatic carbocycles. The van der Waals surface area contributed by atoms with Gasteiger partial charge >= 0.3 is 5.97 Å². The molecule has 0 bridgehead atoms. The van der Waals surface area contributed by atoms with E-state index in [9.17, 15) is 14.4 Å². The van der Waals surface area contributed by atoms with Crippen LogP contribution in [0.3, 0.4) is 0 Å². The molecule has 0 aromatic heterocycles. The molecule has 2 aromatic rings. The quantitative estimate of drug-likeness (QED) is 0.643. The predicted molar refractivity (Wildman–Crippen MR) is 90.8 cm³/mol. The Balaban J connectivity index is 1.90. The van der Waals surface area contributed by atoms with Crippen molar-refractivity contribution in [2.75, 3.05) is 17.7 Å². The van der Waals surface area contributed by atoms with E-state index in [1.165, 1.54) is 25.3 Å². The summed E-state index contributed by atoms with van der Waals surface area (Å²) in [6.07, 6.45) is -0.379. The van der Waals surface area contributed by atoms with Crippen LogP contribution in [0.25, 0.3) is 0 Å². The third-order valence-corrected chi connectivity index (χ3v) is 3.19. The maximum atomic E-state index is 11.9. The van der Waals surface area contributed by atoms with Crippen LogP contribution in [0.2, 0.25) is 0 Å². The van der Waals surface area contributed by atoms with Crippen molar-refractivity contribution in [2.45, 2.75) is 6.42 Å².